The summed E-state index contributed by atoms with van der Waals surface area (Å²) in [7, 11) is 0. The molecule has 0 saturated carbocycles. The lowest BCUT2D eigenvalue weighted by atomic mass is 10.1. The molecule has 2 N–H and O–H groups in total. The predicted octanol–water partition coefficient (Wildman–Crippen LogP) is 3.26. The number of ether oxygens (including phenoxy) is 1. The minimum Gasteiger partial charge on any atom is -0.451 e. The molecule has 0 aliphatic rings. The van der Waals surface area contributed by atoms with Crippen LogP contribution in [0.4, 0.5) is 0 Å². The summed E-state index contributed by atoms with van der Waals surface area (Å²) in [5.74, 6) is -1.33. The molecule has 1 unspecified atom stereocenters. The van der Waals surface area contributed by atoms with Gasteiger partial charge < -0.3 is 10.1 Å². The number of nitrogens with zero attached hydrogens (tertiary/aromatic N) is 1. The summed E-state index contributed by atoms with van der Waals surface area (Å²) in [5.41, 5.74) is 0.189. The third kappa shape index (κ3) is 4.32. The second kappa shape index (κ2) is 8.41. The molecular formula is C19H15Cl2N3O4. The van der Waals surface area contributed by atoms with Crippen LogP contribution in [0.25, 0.3) is 10.8 Å². The van der Waals surface area contributed by atoms with E-state index < -0.39 is 30.1 Å². The number of halogens is 2. The number of fused-ring (bicyclic) bond motifs is 1. The van der Waals surface area contributed by atoms with Crippen LogP contribution in [0, 0.1) is 0 Å². The molecule has 1 aromatic heterocycles. The van der Waals surface area contributed by atoms with Gasteiger partial charge in [0.1, 0.15) is 0 Å². The zero-order valence-electron chi connectivity index (χ0n) is 14.7. The van der Waals surface area contributed by atoms with Crippen molar-refractivity contribution in [1.29, 1.82) is 0 Å². The molecule has 0 aliphatic heterocycles. The van der Waals surface area contributed by atoms with Crippen LogP contribution < -0.4 is 10.9 Å². The van der Waals surface area contributed by atoms with E-state index in [9.17, 15) is 14.4 Å². The number of carbonyl (C=O) groups is 2. The lowest BCUT2D eigenvalue weighted by Gasteiger charge is -2.16. The van der Waals surface area contributed by atoms with Crippen molar-refractivity contribution >= 4 is 45.9 Å². The van der Waals surface area contributed by atoms with E-state index in [0.717, 1.165) is 0 Å². The number of H-pyrrole nitrogens is 1. The quantitative estimate of drug-likeness (QED) is 0.617. The molecule has 28 heavy (non-hydrogen) atoms. The Bertz CT molecular complexity index is 1110. The van der Waals surface area contributed by atoms with Gasteiger partial charge in [-0.1, -0.05) is 47.5 Å². The first kappa shape index (κ1) is 19.9. The number of aromatic nitrogens is 2. The first-order valence-electron chi connectivity index (χ1n) is 8.25. The molecule has 0 aliphatic carbocycles. The average molecular weight is 420 g/mol. The Labute approximate surface area is 169 Å². The van der Waals surface area contributed by atoms with Crippen molar-refractivity contribution in [2.24, 2.45) is 0 Å². The number of esters is 1. The standard InChI is InChI=1S/C19H15Cl2N3O4/c1-10(12-7-6-11(20)8-15(12)21)22-16(25)9-28-19(27)17-13-4-2-3-5-14(13)18(26)24-23-17/h2-8,10H,9H2,1H3,(H,22,25)(H,24,26). The fraction of sp³-hybridized carbons (Fsp3) is 0.158. The molecule has 0 spiro atoms. The molecule has 144 valence electrons. The van der Waals surface area contributed by atoms with E-state index in [-0.39, 0.29) is 5.69 Å². The van der Waals surface area contributed by atoms with Crippen molar-refractivity contribution < 1.29 is 14.3 Å². The highest BCUT2D eigenvalue weighted by Crippen LogP contribution is 2.26. The topological polar surface area (TPSA) is 101 Å². The summed E-state index contributed by atoms with van der Waals surface area (Å²) < 4.78 is 5.03. The first-order chi connectivity index (χ1) is 13.4. The molecule has 0 bridgehead atoms. The van der Waals surface area contributed by atoms with Crippen LogP contribution in [-0.4, -0.2) is 28.7 Å². The molecule has 2 aromatic carbocycles. The normalized spacial score (nSPS) is 11.8. The third-order valence-electron chi connectivity index (χ3n) is 4.03. The molecule has 0 radical (unpaired) electrons. The Balaban J connectivity index is 1.66. The van der Waals surface area contributed by atoms with E-state index >= 15 is 0 Å². The Morgan fingerprint density at radius 2 is 1.89 bits per heavy atom. The van der Waals surface area contributed by atoms with Crippen LogP contribution in [0.15, 0.2) is 47.3 Å². The summed E-state index contributed by atoms with van der Waals surface area (Å²) in [6, 6.07) is 11.0. The van der Waals surface area contributed by atoms with Crippen LogP contribution in [0.5, 0.6) is 0 Å². The van der Waals surface area contributed by atoms with Gasteiger partial charge in [-0.15, -0.1) is 0 Å². The maximum absolute atomic E-state index is 12.3. The van der Waals surface area contributed by atoms with Gasteiger partial charge in [-0.25, -0.2) is 9.89 Å². The molecule has 3 aromatic rings. The lowest BCUT2D eigenvalue weighted by Crippen LogP contribution is -2.31. The van der Waals surface area contributed by atoms with Crippen molar-refractivity contribution in [3.63, 3.8) is 0 Å². The van der Waals surface area contributed by atoms with Crippen molar-refractivity contribution in [2.45, 2.75) is 13.0 Å². The van der Waals surface area contributed by atoms with Gasteiger partial charge in [0.15, 0.2) is 12.3 Å². The van der Waals surface area contributed by atoms with Gasteiger partial charge in [0.25, 0.3) is 11.5 Å². The average Bonchev–Trinajstić information content (AvgIpc) is 2.66. The molecule has 1 amide bonds. The smallest absolute Gasteiger partial charge is 0.359 e. The highest BCUT2D eigenvalue weighted by Gasteiger charge is 2.18. The van der Waals surface area contributed by atoms with Crippen LogP contribution in [-0.2, 0) is 9.53 Å². The molecule has 1 atom stereocenters. The Morgan fingerprint density at radius 3 is 2.61 bits per heavy atom. The summed E-state index contributed by atoms with van der Waals surface area (Å²) in [4.78, 5) is 36.2. The Hall–Kier alpha value is -2.90. The zero-order chi connectivity index (χ0) is 20.3. The highest BCUT2D eigenvalue weighted by atomic mass is 35.5. The molecule has 9 heteroatoms. The van der Waals surface area contributed by atoms with Gasteiger partial charge in [0.05, 0.1) is 11.4 Å². The summed E-state index contributed by atoms with van der Waals surface area (Å²) in [5, 5.41) is 10.2. The second-order valence-corrected chi connectivity index (χ2v) is 6.82. The number of amides is 1. The zero-order valence-corrected chi connectivity index (χ0v) is 16.2. The number of carbonyl (C=O) groups excluding carboxylic acids is 2. The fourth-order valence-corrected chi connectivity index (χ4v) is 3.26. The monoisotopic (exact) mass is 419 g/mol. The minimum absolute atomic E-state index is 0.0724. The number of benzene rings is 2. The van der Waals surface area contributed by atoms with Crippen LogP contribution in [0.1, 0.15) is 29.0 Å². The van der Waals surface area contributed by atoms with E-state index in [1.165, 1.54) is 0 Å². The molecule has 0 saturated heterocycles. The van der Waals surface area contributed by atoms with Gasteiger partial charge in [0, 0.05) is 15.4 Å². The van der Waals surface area contributed by atoms with Crippen molar-refractivity contribution in [1.82, 2.24) is 15.5 Å². The maximum atomic E-state index is 12.3. The summed E-state index contributed by atoms with van der Waals surface area (Å²) >= 11 is 12.0. The van der Waals surface area contributed by atoms with Crippen LogP contribution in [0.2, 0.25) is 10.0 Å². The van der Waals surface area contributed by atoms with Crippen LogP contribution >= 0.6 is 23.2 Å². The van der Waals surface area contributed by atoms with E-state index in [1.807, 2.05) is 0 Å². The van der Waals surface area contributed by atoms with Gasteiger partial charge in [-0.05, 0) is 30.7 Å². The van der Waals surface area contributed by atoms with Crippen molar-refractivity contribution in [3.05, 3.63) is 74.1 Å². The molecular weight excluding hydrogens is 405 g/mol. The van der Waals surface area contributed by atoms with Crippen molar-refractivity contribution in [3.8, 4) is 0 Å². The third-order valence-corrected chi connectivity index (χ3v) is 4.59. The summed E-state index contributed by atoms with van der Waals surface area (Å²) in [6.07, 6.45) is 0. The SMILES string of the molecule is CC(NC(=O)COC(=O)c1n[nH]c(=O)c2ccccc12)c1ccc(Cl)cc1Cl. The molecule has 0 fully saturated rings. The molecule has 7 nitrogen and oxygen atoms in total. The molecule has 3 rings (SSSR count). The van der Waals surface area contributed by atoms with E-state index in [2.05, 4.69) is 15.5 Å². The molecule has 1 heterocycles. The highest BCUT2D eigenvalue weighted by molar-refractivity contribution is 6.35. The summed E-state index contributed by atoms with van der Waals surface area (Å²) in [6.45, 7) is 1.23. The number of nitrogens with one attached hydrogen (secondary N) is 2. The minimum atomic E-state index is -0.820. The van der Waals surface area contributed by atoms with E-state index in [1.54, 1.807) is 49.4 Å². The Kier molecular flexibility index (Phi) is 5.96. The largest absolute Gasteiger partial charge is 0.451 e. The first-order valence-corrected chi connectivity index (χ1v) is 9.01. The van der Waals surface area contributed by atoms with E-state index in [0.29, 0.717) is 26.4 Å². The second-order valence-electron chi connectivity index (χ2n) is 5.98. The predicted molar refractivity (Wildman–Crippen MR) is 106 cm³/mol. The Morgan fingerprint density at radius 1 is 1.18 bits per heavy atom. The lowest BCUT2D eigenvalue weighted by molar-refractivity contribution is -0.124. The number of rotatable bonds is 5. The van der Waals surface area contributed by atoms with Gasteiger partial charge in [0.2, 0.25) is 0 Å². The van der Waals surface area contributed by atoms with Gasteiger partial charge in [-0.2, -0.15) is 5.10 Å². The van der Waals surface area contributed by atoms with Crippen LogP contribution in [0.3, 0.4) is 0 Å². The van der Waals surface area contributed by atoms with Gasteiger partial charge >= 0.3 is 5.97 Å². The number of hydrogen-bond donors (Lipinski definition) is 2. The number of aromatic amines is 1. The van der Waals surface area contributed by atoms with E-state index in [4.69, 9.17) is 27.9 Å². The van der Waals surface area contributed by atoms with Gasteiger partial charge in [-0.3, -0.25) is 9.59 Å². The fourth-order valence-electron chi connectivity index (χ4n) is 2.68. The van der Waals surface area contributed by atoms with Crippen molar-refractivity contribution in [2.75, 3.05) is 6.61 Å². The maximum Gasteiger partial charge on any atom is 0.359 e. The number of hydrogen-bond acceptors (Lipinski definition) is 5.